The highest BCUT2D eigenvalue weighted by Crippen LogP contribution is 2.42. The minimum atomic E-state index is 0.0397. The fourth-order valence-electron chi connectivity index (χ4n) is 5.26. The van der Waals surface area contributed by atoms with E-state index in [1.165, 1.54) is 22.1 Å². The largest absolute Gasteiger partial charge is 0.458 e. The minimum absolute atomic E-state index is 0.0397. The summed E-state index contributed by atoms with van der Waals surface area (Å²) in [4.78, 5) is 0. The zero-order valence-corrected chi connectivity index (χ0v) is 21.4. The summed E-state index contributed by atoms with van der Waals surface area (Å²) >= 11 is 0. The lowest BCUT2D eigenvalue weighted by Gasteiger charge is -2.35. The Morgan fingerprint density at radius 3 is 1.71 bits per heavy atom. The Balaban J connectivity index is 1.62. The van der Waals surface area contributed by atoms with Crippen LogP contribution in [0.3, 0.4) is 0 Å². The summed E-state index contributed by atoms with van der Waals surface area (Å²) in [6.07, 6.45) is 0. The second-order valence-electron chi connectivity index (χ2n) is 11.9. The number of benzene rings is 4. The van der Waals surface area contributed by atoms with Crippen molar-refractivity contribution in [1.29, 1.82) is 0 Å². The fourth-order valence-corrected chi connectivity index (χ4v) is 5.26. The molecule has 174 valence electrons. The smallest absolute Gasteiger partial charge is 0.260 e. The maximum Gasteiger partial charge on any atom is 0.260 e. The molecule has 0 aliphatic carbocycles. The average Bonchev–Trinajstić information content (AvgIpc) is 2.82. The van der Waals surface area contributed by atoms with E-state index in [9.17, 15) is 0 Å². The molecule has 2 aliphatic rings. The number of fused-ring (bicyclic) bond motifs is 4. The molecule has 0 N–H and O–H groups in total. The van der Waals surface area contributed by atoms with Crippen molar-refractivity contribution in [1.82, 2.24) is 0 Å². The van der Waals surface area contributed by atoms with Crippen LogP contribution in [0.5, 0.6) is 23.0 Å². The van der Waals surface area contributed by atoms with Crippen LogP contribution in [-0.2, 0) is 10.8 Å². The Hall–Kier alpha value is -3.46. The lowest BCUT2D eigenvalue weighted by atomic mass is 9.34. The molecule has 0 atom stereocenters. The van der Waals surface area contributed by atoms with Gasteiger partial charge in [0.15, 0.2) is 0 Å². The first-order chi connectivity index (χ1) is 16.6. The van der Waals surface area contributed by atoms with Gasteiger partial charge in [-0.15, -0.1) is 0 Å². The van der Waals surface area contributed by atoms with Crippen molar-refractivity contribution in [3.8, 4) is 34.1 Å². The summed E-state index contributed by atoms with van der Waals surface area (Å²) in [5.74, 6) is 3.68. The molecule has 0 saturated carbocycles. The third-order valence-corrected chi connectivity index (χ3v) is 7.34. The zero-order chi connectivity index (χ0) is 24.5. The van der Waals surface area contributed by atoms with Crippen LogP contribution >= 0.6 is 0 Å². The molecule has 0 fully saturated rings. The highest BCUT2D eigenvalue weighted by atomic mass is 16.5. The maximum atomic E-state index is 6.76. The van der Waals surface area contributed by atoms with Gasteiger partial charge in [0.05, 0.1) is 0 Å². The van der Waals surface area contributed by atoms with E-state index in [1.54, 1.807) is 0 Å². The lowest BCUT2D eigenvalue weighted by Crippen LogP contribution is -2.57. The van der Waals surface area contributed by atoms with Crippen LogP contribution in [0.25, 0.3) is 11.1 Å². The number of hydrogen-bond donors (Lipinski definition) is 0. The molecule has 3 heteroatoms. The van der Waals surface area contributed by atoms with Crippen LogP contribution in [0.2, 0.25) is 0 Å². The van der Waals surface area contributed by atoms with Gasteiger partial charge in [-0.1, -0.05) is 96.1 Å². The van der Waals surface area contributed by atoms with Crippen LogP contribution in [0.4, 0.5) is 0 Å². The van der Waals surface area contributed by atoms with Crippen LogP contribution in [0.1, 0.15) is 52.7 Å². The lowest BCUT2D eigenvalue weighted by molar-refractivity contribution is 0.462. The van der Waals surface area contributed by atoms with E-state index in [0.29, 0.717) is 0 Å². The summed E-state index contributed by atoms with van der Waals surface area (Å²) in [6, 6.07) is 28.2. The third kappa shape index (κ3) is 3.57. The molecule has 4 aromatic rings. The molecular formula is C32H31BO2. The van der Waals surface area contributed by atoms with Gasteiger partial charge < -0.3 is 9.47 Å². The van der Waals surface area contributed by atoms with Gasteiger partial charge in [0.25, 0.3) is 6.71 Å². The molecule has 6 rings (SSSR count). The molecule has 2 aliphatic heterocycles. The molecule has 0 amide bonds. The van der Waals surface area contributed by atoms with Crippen molar-refractivity contribution in [2.45, 2.75) is 52.4 Å². The molecule has 0 aromatic heterocycles. The number of ether oxygens (including phenoxy) is 2. The second-order valence-corrected chi connectivity index (χ2v) is 11.9. The van der Waals surface area contributed by atoms with Crippen LogP contribution in [0.15, 0.2) is 78.9 Å². The first-order valence-corrected chi connectivity index (χ1v) is 12.5. The van der Waals surface area contributed by atoms with Gasteiger partial charge in [0, 0.05) is 11.0 Å². The van der Waals surface area contributed by atoms with Crippen molar-refractivity contribution in [2.24, 2.45) is 0 Å². The van der Waals surface area contributed by atoms with Crippen molar-refractivity contribution in [3.05, 3.63) is 90.0 Å². The molecule has 0 saturated heterocycles. The van der Waals surface area contributed by atoms with Crippen molar-refractivity contribution < 1.29 is 9.47 Å². The number of rotatable bonds is 1. The van der Waals surface area contributed by atoms with E-state index in [0.717, 1.165) is 39.6 Å². The van der Waals surface area contributed by atoms with Crippen molar-refractivity contribution >= 4 is 23.1 Å². The van der Waals surface area contributed by atoms with Crippen LogP contribution in [0, 0.1) is 0 Å². The Bertz CT molecular complexity index is 1440. The summed E-state index contributed by atoms with van der Waals surface area (Å²) < 4.78 is 13.3. The molecule has 4 aromatic carbocycles. The first kappa shape index (κ1) is 22.0. The number of hydrogen-bond acceptors (Lipinski definition) is 2. The third-order valence-electron chi connectivity index (χ3n) is 7.34. The van der Waals surface area contributed by atoms with Gasteiger partial charge in [0.1, 0.15) is 23.0 Å². The van der Waals surface area contributed by atoms with Crippen molar-refractivity contribution in [2.75, 3.05) is 0 Å². The quantitative estimate of drug-likeness (QED) is 0.256. The second kappa shape index (κ2) is 7.52. The van der Waals surface area contributed by atoms with E-state index < -0.39 is 0 Å². The van der Waals surface area contributed by atoms with Gasteiger partial charge in [-0.2, -0.15) is 0 Å². The highest BCUT2D eigenvalue weighted by Gasteiger charge is 2.41. The molecule has 0 spiro atoms. The normalized spacial score (nSPS) is 13.8. The van der Waals surface area contributed by atoms with E-state index in [4.69, 9.17) is 9.47 Å². The van der Waals surface area contributed by atoms with Gasteiger partial charge in [0.2, 0.25) is 0 Å². The summed E-state index contributed by atoms with van der Waals surface area (Å²) in [6.45, 7) is 13.5. The summed E-state index contributed by atoms with van der Waals surface area (Å²) in [7, 11) is 0. The maximum absolute atomic E-state index is 6.76. The summed E-state index contributed by atoms with van der Waals surface area (Å²) in [5, 5.41) is 0. The molecular weight excluding hydrogens is 427 g/mol. The highest BCUT2D eigenvalue weighted by molar-refractivity contribution is 6.98. The van der Waals surface area contributed by atoms with E-state index in [-0.39, 0.29) is 17.5 Å². The molecule has 0 radical (unpaired) electrons. The molecule has 35 heavy (non-hydrogen) atoms. The topological polar surface area (TPSA) is 18.5 Å². The zero-order valence-electron chi connectivity index (χ0n) is 21.4. The van der Waals surface area contributed by atoms with Gasteiger partial charge in [-0.05, 0) is 62.7 Å². The molecule has 0 bridgehead atoms. The molecule has 2 heterocycles. The first-order valence-electron chi connectivity index (χ1n) is 12.5. The van der Waals surface area contributed by atoms with Crippen molar-refractivity contribution in [3.63, 3.8) is 0 Å². The average molecular weight is 458 g/mol. The van der Waals surface area contributed by atoms with E-state index >= 15 is 0 Å². The van der Waals surface area contributed by atoms with Crippen LogP contribution in [-0.4, -0.2) is 6.71 Å². The van der Waals surface area contributed by atoms with Gasteiger partial charge in [-0.25, -0.2) is 0 Å². The SMILES string of the molecule is CC(C)(C)c1ccc2c(c1)Oc1ccc(-c3ccccc3)c3c1B2c1ccc(C(C)(C)C)cc1O3. The monoisotopic (exact) mass is 458 g/mol. The molecule has 2 nitrogen and oxygen atoms in total. The standard InChI is InChI=1S/C32H31BO2/c1-31(2,3)21-12-15-24-27(18-21)34-26-17-14-23(20-10-8-7-9-11-20)30-29(26)33(24)25-16-13-22(32(4,5)6)19-28(25)35-30/h7-19H,1-6H3. The Labute approximate surface area is 209 Å². The Morgan fingerprint density at radius 2 is 1.14 bits per heavy atom. The van der Waals surface area contributed by atoms with Gasteiger partial charge >= 0.3 is 0 Å². The minimum Gasteiger partial charge on any atom is -0.458 e. The molecule has 0 unspecified atom stereocenters. The fraction of sp³-hybridized carbons (Fsp3) is 0.250. The van der Waals surface area contributed by atoms with Crippen LogP contribution < -0.4 is 25.9 Å². The Morgan fingerprint density at radius 1 is 0.571 bits per heavy atom. The van der Waals surface area contributed by atoms with Gasteiger partial charge in [-0.3, -0.25) is 0 Å². The predicted molar refractivity (Wildman–Crippen MR) is 147 cm³/mol. The van der Waals surface area contributed by atoms with E-state index in [2.05, 4.69) is 114 Å². The summed E-state index contributed by atoms with van der Waals surface area (Å²) in [5.41, 5.74) is 8.40. The predicted octanol–water partition coefficient (Wildman–Crippen LogP) is 6.68. The Kier molecular flexibility index (Phi) is 4.73. The van der Waals surface area contributed by atoms with E-state index in [1.807, 2.05) is 6.07 Å².